The zero-order chi connectivity index (χ0) is 32.1. The topological polar surface area (TPSA) is 3.24 Å². The van der Waals surface area contributed by atoms with Crippen LogP contribution in [0.25, 0.3) is 6.08 Å². The minimum atomic E-state index is 1.22. The molecule has 0 heterocycles. The first kappa shape index (κ1) is 41.8. The van der Waals surface area contributed by atoms with E-state index in [1.165, 1.54) is 224 Å². The molecule has 0 aliphatic heterocycles. The fraction of sp³-hybridized carbons (Fsp3) is 0.818. The van der Waals surface area contributed by atoms with Gasteiger partial charge in [0.1, 0.15) is 0 Å². The Morgan fingerprint density at radius 1 is 0.356 bits per heavy atom. The lowest BCUT2D eigenvalue weighted by Gasteiger charge is -2.20. The largest absolute Gasteiger partial charge is 0.377 e. The van der Waals surface area contributed by atoms with Crippen molar-refractivity contribution in [2.24, 2.45) is 0 Å². The van der Waals surface area contributed by atoms with Gasteiger partial charge in [0.15, 0.2) is 0 Å². The fourth-order valence-electron chi connectivity index (χ4n) is 6.74. The molecule has 1 rings (SSSR count). The predicted molar refractivity (Wildman–Crippen MR) is 206 cm³/mol. The summed E-state index contributed by atoms with van der Waals surface area (Å²) in [5.41, 5.74) is 1.32. The normalized spacial score (nSPS) is 11.6. The Balaban J connectivity index is 2.03. The first-order chi connectivity index (χ1) is 22.4. The van der Waals surface area contributed by atoms with Crippen molar-refractivity contribution in [2.75, 3.05) is 13.1 Å². The molecule has 0 atom stereocenters. The first-order valence-corrected chi connectivity index (χ1v) is 20.8. The number of hydrogen-bond donors (Lipinski definition) is 0. The number of hydrogen-bond acceptors (Lipinski definition) is 1. The van der Waals surface area contributed by atoms with Crippen molar-refractivity contribution in [3.63, 3.8) is 0 Å². The second-order valence-corrected chi connectivity index (χ2v) is 14.4. The summed E-state index contributed by atoms with van der Waals surface area (Å²) < 4.78 is 0. The number of benzene rings is 1. The third-order valence-corrected chi connectivity index (χ3v) is 9.88. The highest BCUT2D eigenvalue weighted by atomic mass is 15.1. The number of unbranched alkanes of at least 4 members (excludes halogenated alkanes) is 30. The van der Waals surface area contributed by atoms with E-state index in [0.29, 0.717) is 0 Å². The van der Waals surface area contributed by atoms with Gasteiger partial charge in [0, 0.05) is 13.1 Å². The second kappa shape index (κ2) is 35.6. The summed E-state index contributed by atoms with van der Waals surface area (Å²) in [6.07, 6.45) is 50.8. The van der Waals surface area contributed by atoms with Gasteiger partial charge in [-0.3, -0.25) is 0 Å². The molecule has 45 heavy (non-hydrogen) atoms. The maximum absolute atomic E-state index is 2.61. The number of nitrogens with zero attached hydrogens (tertiary/aromatic N) is 1. The van der Waals surface area contributed by atoms with Crippen molar-refractivity contribution < 1.29 is 0 Å². The van der Waals surface area contributed by atoms with E-state index in [9.17, 15) is 0 Å². The molecule has 0 saturated heterocycles. The van der Waals surface area contributed by atoms with Crippen molar-refractivity contribution >= 4 is 6.08 Å². The standard InChI is InChI=1S/C44H81N/c1-3-5-7-9-11-13-15-17-19-21-23-25-27-29-31-36-41-45(43-40-44-38-34-33-35-39-44)42-37-32-30-28-26-24-22-20-18-16-14-12-10-8-6-4-2/h33-35,38-40,43H,3-32,36-37,41-42H2,1-2H3. The Hall–Kier alpha value is -1.24. The van der Waals surface area contributed by atoms with Gasteiger partial charge in [-0.25, -0.2) is 0 Å². The minimum absolute atomic E-state index is 1.22. The molecule has 1 aromatic carbocycles. The summed E-state index contributed by atoms with van der Waals surface area (Å²) >= 11 is 0. The molecule has 0 spiro atoms. The Morgan fingerprint density at radius 2 is 0.622 bits per heavy atom. The van der Waals surface area contributed by atoms with E-state index < -0.39 is 0 Å². The van der Waals surface area contributed by atoms with Crippen LogP contribution in [0.5, 0.6) is 0 Å². The zero-order valence-corrected chi connectivity index (χ0v) is 31.0. The number of rotatable bonds is 36. The van der Waals surface area contributed by atoms with Crippen LogP contribution in [0.15, 0.2) is 36.5 Å². The summed E-state index contributed by atoms with van der Waals surface area (Å²) in [7, 11) is 0. The van der Waals surface area contributed by atoms with Crippen LogP contribution in [0.4, 0.5) is 0 Å². The van der Waals surface area contributed by atoms with Crippen molar-refractivity contribution in [1.82, 2.24) is 4.90 Å². The van der Waals surface area contributed by atoms with Crippen LogP contribution in [-0.4, -0.2) is 18.0 Å². The van der Waals surface area contributed by atoms with E-state index in [1.807, 2.05) is 0 Å². The molecule has 1 aromatic rings. The molecule has 0 unspecified atom stereocenters. The summed E-state index contributed by atoms with van der Waals surface area (Å²) in [5.74, 6) is 0. The summed E-state index contributed by atoms with van der Waals surface area (Å²) in [6.45, 7) is 7.06. The van der Waals surface area contributed by atoms with Crippen LogP contribution in [0.1, 0.15) is 225 Å². The van der Waals surface area contributed by atoms with E-state index in [2.05, 4.69) is 61.4 Å². The molecule has 0 aliphatic rings. The second-order valence-electron chi connectivity index (χ2n) is 14.4. The van der Waals surface area contributed by atoms with Crippen LogP contribution in [0.2, 0.25) is 0 Å². The molecule has 0 bridgehead atoms. The van der Waals surface area contributed by atoms with E-state index >= 15 is 0 Å². The molecule has 0 aromatic heterocycles. The fourth-order valence-corrected chi connectivity index (χ4v) is 6.74. The molecule has 0 saturated carbocycles. The first-order valence-electron chi connectivity index (χ1n) is 20.8. The average molecular weight is 624 g/mol. The van der Waals surface area contributed by atoms with Gasteiger partial charge >= 0.3 is 0 Å². The highest BCUT2D eigenvalue weighted by Gasteiger charge is 2.02. The van der Waals surface area contributed by atoms with Gasteiger partial charge in [-0.05, 0) is 30.7 Å². The Morgan fingerprint density at radius 3 is 0.911 bits per heavy atom. The Bertz CT molecular complexity index is 658. The van der Waals surface area contributed by atoms with Gasteiger partial charge in [-0.15, -0.1) is 0 Å². The van der Waals surface area contributed by atoms with E-state index in [-0.39, 0.29) is 0 Å². The predicted octanol–water partition coefficient (Wildman–Crippen LogP) is 15.5. The highest BCUT2D eigenvalue weighted by molar-refractivity contribution is 5.48. The maximum Gasteiger partial charge on any atom is 0.0172 e. The van der Waals surface area contributed by atoms with Gasteiger partial charge in [-0.1, -0.05) is 237 Å². The van der Waals surface area contributed by atoms with Gasteiger partial charge < -0.3 is 4.90 Å². The van der Waals surface area contributed by atoms with Gasteiger partial charge in [0.05, 0.1) is 0 Å². The van der Waals surface area contributed by atoms with Crippen LogP contribution < -0.4 is 0 Å². The summed E-state index contributed by atoms with van der Waals surface area (Å²) in [6, 6.07) is 10.8. The molecule has 0 aliphatic carbocycles. The van der Waals surface area contributed by atoms with Gasteiger partial charge in [-0.2, -0.15) is 0 Å². The third-order valence-electron chi connectivity index (χ3n) is 9.88. The molecule has 0 N–H and O–H groups in total. The smallest absolute Gasteiger partial charge is 0.0172 e. The Labute approximate surface area is 284 Å². The molecular formula is C44H81N. The zero-order valence-electron chi connectivity index (χ0n) is 31.0. The lowest BCUT2D eigenvalue weighted by Crippen LogP contribution is -2.20. The quantitative estimate of drug-likeness (QED) is 0.0672. The molecular weight excluding hydrogens is 542 g/mol. The highest BCUT2D eigenvalue weighted by Crippen LogP contribution is 2.16. The lowest BCUT2D eigenvalue weighted by atomic mass is 10.0. The average Bonchev–Trinajstić information content (AvgIpc) is 3.06. The molecule has 0 fully saturated rings. The van der Waals surface area contributed by atoms with Crippen molar-refractivity contribution in [3.8, 4) is 0 Å². The third kappa shape index (κ3) is 31.1. The van der Waals surface area contributed by atoms with Crippen LogP contribution in [0, 0.1) is 0 Å². The van der Waals surface area contributed by atoms with Crippen LogP contribution in [0.3, 0.4) is 0 Å². The minimum Gasteiger partial charge on any atom is -0.377 e. The van der Waals surface area contributed by atoms with E-state index in [0.717, 1.165) is 0 Å². The van der Waals surface area contributed by atoms with Crippen LogP contribution in [-0.2, 0) is 0 Å². The summed E-state index contributed by atoms with van der Waals surface area (Å²) in [4.78, 5) is 2.61. The lowest BCUT2D eigenvalue weighted by molar-refractivity contribution is 0.351. The van der Waals surface area contributed by atoms with Crippen LogP contribution >= 0.6 is 0 Å². The van der Waals surface area contributed by atoms with Gasteiger partial charge in [0.2, 0.25) is 0 Å². The molecule has 262 valence electrons. The molecule has 1 heteroatoms. The molecule has 0 radical (unpaired) electrons. The van der Waals surface area contributed by atoms with Gasteiger partial charge in [0.25, 0.3) is 0 Å². The SMILES string of the molecule is CCCCCCCCCCCCCCCCCCN(C=Cc1ccccc1)CCCCCCCCCCCCCCCCCC. The Kier molecular flexibility index (Phi) is 33.1. The van der Waals surface area contributed by atoms with E-state index in [1.54, 1.807) is 0 Å². The van der Waals surface area contributed by atoms with Crippen molar-refractivity contribution in [3.05, 3.63) is 42.1 Å². The molecule has 1 nitrogen and oxygen atoms in total. The monoisotopic (exact) mass is 624 g/mol. The maximum atomic E-state index is 2.61. The summed E-state index contributed by atoms with van der Waals surface area (Å²) in [5, 5.41) is 0. The molecule has 0 amide bonds. The van der Waals surface area contributed by atoms with E-state index in [4.69, 9.17) is 0 Å². The van der Waals surface area contributed by atoms with Crippen molar-refractivity contribution in [1.29, 1.82) is 0 Å². The van der Waals surface area contributed by atoms with Crippen molar-refractivity contribution in [2.45, 2.75) is 219 Å².